The van der Waals surface area contributed by atoms with Gasteiger partial charge in [-0.3, -0.25) is 0 Å². The van der Waals surface area contributed by atoms with Crippen LogP contribution in [0, 0.1) is 5.92 Å². The van der Waals surface area contributed by atoms with Gasteiger partial charge in [-0.25, -0.2) is 4.79 Å². The summed E-state index contributed by atoms with van der Waals surface area (Å²) in [6.45, 7) is 0.604. The predicted molar refractivity (Wildman–Crippen MR) is 93.1 cm³/mol. The molecule has 0 bridgehead atoms. The number of carbonyl (C=O) groups excluding carboxylic acids is 1. The standard InChI is InChI=1S/C18H20BrNO3/c19-17-9-5-4-8-16(17)10-15(12-21)11-20-18(22)23-13-14-6-2-1-3-7-14/h1-9,15,21H,10-13H2,(H,20,22). The molecule has 0 spiro atoms. The highest BCUT2D eigenvalue weighted by Gasteiger charge is 2.12. The second-order valence-corrected chi connectivity index (χ2v) is 6.14. The zero-order valence-electron chi connectivity index (χ0n) is 12.7. The summed E-state index contributed by atoms with van der Waals surface area (Å²) < 4.78 is 6.16. The number of alkyl carbamates (subject to hydrolysis) is 1. The number of aliphatic hydroxyl groups excluding tert-OH is 1. The van der Waals surface area contributed by atoms with E-state index in [1.54, 1.807) is 0 Å². The van der Waals surface area contributed by atoms with Gasteiger partial charge in [-0.05, 0) is 23.6 Å². The van der Waals surface area contributed by atoms with Crippen molar-refractivity contribution in [3.05, 3.63) is 70.2 Å². The lowest BCUT2D eigenvalue weighted by Gasteiger charge is -2.16. The van der Waals surface area contributed by atoms with Crippen molar-refractivity contribution in [3.8, 4) is 0 Å². The number of halogens is 1. The summed E-state index contributed by atoms with van der Waals surface area (Å²) >= 11 is 3.49. The van der Waals surface area contributed by atoms with Crippen LogP contribution >= 0.6 is 15.9 Å². The smallest absolute Gasteiger partial charge is 0.407 e. The lowest BCUT2D eigenvalue weighted by atomic mass is 10.0. The molecule has 0 heterocycles. The molecule has 5 heteroatoms. The van der Waals surface area contributed by atoms with Crippen LogP contribution in [-0.2, 0) is 17.8 Å². The van der Waals surface area contributed by atoms with Crippen LogP contribution in [0.3, 0.4) is 0 Å². The maximum Gasteiger partial charge on any atom is 0.407 e. The molecule has 0 saturated carbocycles. The van der Waals surface area contributed by atoms with E-state index < -0.39 is 6.09 Å². The Morgan fingerprint density at radius 2 is 1.83 bits per heavy atom. The third-order valence-electron chi connectivity index (χ3n) is 3.47. The van der Waals surface area contributed by atoms with Crippen LogP contribution < -0.4 is 5.32 Å². The van der Waals surface area contributed by atoms with Crippen molar-refractivity contribution >= 4 is 22.0 Å². The van der Waals surface area contributed by atoms with Gasteiger partial charge in [-0.1, -0.05) is 64.5 Å². The molecular formula is C18H20BrNO3. The number of amides is 1. The number of nitrogens with one attached hydrogen (secondary N) is 1. The van der Waals surface area contributed by atoms with E-state index in [9.17, 15) is 9.90 Å². The van der Waals surface area contributed by atoms with Crippen LogP contribution in [0.15, 0.2) is 59.1 Å². The Morgan fingerprint density at radius 3 is 2.52 bits per heavy atom. The number of benzene rings is 2. The number of aliphatic hydroxyl groups is 1. The minimum atomic E-state index is -0.473. The van der Waals surface area contributed by atoms with Gasteiger partial charge in [0.25, 0.3) is 0 Å². The van der Waals surface area contributed by atoms with E-state index in [0.29, 0.717) is 13.0 Å². The second-order valence-electron chi connectivity index (χ2n) is 5.29. The topological polar surface area (TPSA) is 58.6 Å². The van der Waals surface area contributed by atoms with E-state index in [1.807, 2.05) is 54.6 Å². The molecule has 0 saturated heterocycles. The van der Waals surface area contributed by atoms with Crippen LogP contribution in [0.1, 0.15) is 11.1 Å². The van der Waals surface area contributed by atoms with Gasteiger partial charge >= 0.3 is 6.09 Å². The highest BCUT2D eigenvalue weighted by atomic mass is 79.9. The molecule has 2 aromatic rings. The molecule has 23 heavy (non-hydrogen) atoms. The molecule has 0 aromatic heterocycles. The van der Waals surface area contributed by atoms with Crippen molar-refractivity contribution in [2.75, 3.05) is 13.2 Å². The molecule has 0 fully saturated rings. The maximum atomic E-state index is 11.7. The first-order chi connectivity index (χ1) is 11.2. The highest BCUT2D eigenvalue weighted by molar-refractivity contribution is 9.10. The fourth-order valence-electron chi connectivity index (χ4n) is 2.18. The van der Waals surface area contributed by atoms with Gasteiger partial charge in [-0.2, -0.15) is 0 Å². The van der Waals surface area contributed by atoms with E-state index in [0.717, 1.165) is 15.6 Å². The zero-order chi connectivity index (χ0) is 16.5. The molecule has 1 amide bonds. The van der Waals surface area contributed by atoms with Crippen LogP contribution in [0.5, 0.6) is 0 Å². The molecule has 2 rings (SSSR count). The Labute approximate surface area is 144 Å². The van der Waals surface area contributed by atoms with Crippen LogP contribution in [0.25, 0.3) is 0 Å². The Hall–Kier alpha value is -1.85. The van der Waals surface area contributed by atoms with Crippen LogP contribution in [0.4, 0.5) is 4.79 Å². The van der Waals surface area contributed by atoms with Gasteiger partial charge < -0.3 is 15.2 Å². The first kappa shape index (κ1) is 17.5. The first-order valence-electron chi connectivity index (χ1n) is 7.48. The Balaban J connectivity index is 1.76. The summed E-state index contributed by atoms with van der Waals surface area (Å²) in [7, 11) is 0. The molecule has 1 atom stereocenters. The van der Waals surface area contributed by atoms with Gasteiger partial charge in [-0.15, -0.1) is 0 Å². The third-order valence-corrected chi connectivity index (χ3v) is 4.25. The Kier molecular flexibility index (Phi) is 7.10. The maximum absolute atomic E-state index is 11.7. The van der Waals surface area contributed by atoms with Crippen LogP contribution in [-0.4, -0.2) is 24.4 Å². The van der Waals surface area contributed by atoms with Gasteiger partial charge in [0.2, 0.25) is 0 Å². The molecule has 4 nitrogen and oxygen atoms in total. The van der Waals surface area contributed by atoms with E-state index in [1.165, 1.54) is 0 Å². The number of ether oxygens (including phenoxy) is 1. The lowest BCUT2D eigenvalue weighted by Crippen LogP contribution is -2.32. The van der Waals surface area contributed by atoms with Gasteiger partial charge in [0, 0.05) is 23.5 Å². The monoisotopic (exact) mass is 377 g/mol. The normalized spacial score (nSPS) is 11.7. The zero-order valence-corrected chi connectivity index (χ0v) is 14.3. The minimum Gasteiger partial charge on any atom is -0.445 e. The summed E-state index contributed by atoms with van der Waals surface area (Å²) in [6, 6.07) is 17.4. The van der Waals surface area contributed by atoms with E-state index in [2.05, 4.69) is 21.2 Å². The molecule has 0 aliphatic heterocycles. The summed E-state index contributed by atoms with van der Waals surface area (Å²) in [5.74, 6) is -0.0574. The summed E-state index contributed by atoms with van der Waals surface area (Å²) in [4.78, 5) is 11.7. The van der Waals surface area contributed by atoms with Gasteiger partial charge in [0.1, 0.15) is 6.61 Å². The SMILES string of the molecule is O=C(NCC(CO)Cc1ccccc1Br)OCc1ccccc1. The van der Waals surface area contributed by atoms with Crippen molar-refractivity contribution < 1.29 is 14.6 Å². The number of hydrogen-bond donors (Lipinski definition) is 2. The van der Waals surface area contributed by atoms with E-state index in [-0.39, 0.29) is 19.1 Å². The van der Waals surface area contributed by atoms with Crippen molar-refractivity contribution in [1.82, 2.24) is 5.32 Å². The summed E-state index contributed by atoms with van der Waals surface area (Å²) in [5.41, 5.74) is 2.04. The highest BCUT2D eigenvalue weighted by Crippen LogP contribution is 2.19. The van der Waals surface area contributed by atoms with Crippen molar-refractivity contribution in [3.63, 3.8) is 0 Å². The largest absolute Gasteiger partial charge is 0.445 e. The molecule has 2 aromatic carbocycles. The fourth-order valence-corrected chi connectivity index (χ4v) is 2.62. The second kappa shape index (κ2) is 9.33. The number of hydrogen-bond acceptors (Lipinski definition) is 3. The Bertz CT molecular complexity index is 619. The first-order valence-corrected chi connectivity index (χ1v) is 8.27. The quantitative estimate of drug-likeness (QED) is 0.775. The Morgan fingerprint density at radius 1 is 1.13 bits per heavy atom. The van der Waals surface area contributed by atoms with E-state index in [4.69, 9.17) is 4.74 Å². The third kappa shape index (κ3) is 6.04. The molecular weight excluding hydrogens is 358 g/mol. The number of rotatable bonds is 7. The predicted octanol–water partition coefficient (Wildman–Crippen LogP) is 3.53. The fraction of sp³-hybridized carbons (Fsp3) is 0.278. The molecule has 0 aliphatic rings. The number of carbonyl (C=O) groups is 1. The molecule has 1 unspecified atom stereocenters. The van der Waals surface area contributed by atoms with Gasteiger partial charge in [0.05, 0.1) is 0 Å². The molecule has 0 radical (unpaired) electrons. The van der Waals surface area contributed by atoms with Crippen molar-refractivity contribution in [2.45, 2.75) is 13.0 Å². The lowest BCUT2D eigenvalue weighted by molar-refractivity contribution is 0.135. The summed E-state index contributed by atoms with van der Waals surface area (Å²) in [6.07, 6.45) is 0.205. The minimum absolute atomic E-state index is 0.000297. The van der Waals surface area contributed by atoms with Crippen molar-refractivity contribution in [1.29, 1.82) is 0 Å². The summed E-state index contributed by atoms with van der Waals surface area (Å²) in [5, 5.41) is 12.2. The average molecular weight is 378 g/mol. The molecule has 2 N–H and O–H groups in total. The van der Waals surface area contributed by atoms with Crippen LogP contribution in [0.2, 0.25) is 0 Å². The molecule has 0 aliphatic carbocycles. The van der Waals surface area contributed by atoms with Gasteiger partial charge in [0.15, 0.2) is 0 Å². The average Bonchev–Trinajstić information content (AvgIpc) is 2.59. The van der Waals surface area contributed by atoms with E-state index >= 15 is 0 Å². The van der Waals surface area contributed by atoms with Crippen molar-refractivity contribution in [2.24, 2.45) is 5.92 Å². The molecule has 122 valence electrons.